The maximum absolute atomic E-state index is 12.4. The Hall–Kier alpha value is -1.23. The molecule has 0 aromatic heterocycles. The van der Waals surface area contributed by atoms with Gasteiger partial charge >= 0.3 is 0 Å². The van der Waals surface area contributed by atoms with Crippen LogP contribution in [0.2, 0.25) is 18.1 Å². The van der Waals surface area contributed by atoms with Crippen LogP contribution >= 0.6 is 0 Å². The topological polar surface area (TPSA) is 35.5 Å². The van der Waals surface area contributed by atoms with Crippen LogP contribution in [0.1, 0.15) is 65.9 Å². The number of rotatable bonds is 16. The minimum atomic E-state index is -1.68. The molecule has 0 fully saturated rings. The fourth-order valence-corrected chi connectivity index (χ4v) is 6.46. The zero-order valence-corrected chi connectivity index (χ0v) is 20.3. The molecule has 3 nitrogen and oxygen atoms in total. The van der Waals surface area contributed by atoms with Crippen molar-refractivity contribution in [2.45, 2.75) is 91.1 Å². The smallest absolute Gasteiger partial charge is 0.192 e. The van der Waals surface area contributed by atoms with Crippen LogP contribution < -0.4 is 0 Å². The van der Waals surface area contributed by atoms with E-state index in [1.54, 1.807) is 6.08 Å². The summed E-state index contributed by atoms with van der Waals surface area (Å²) in [6.07, 6.45) is 5.19. The first-order chi connectivity index (χ1) is 13.8. The van der Waals surface area contributed by atoms with Crippen molar-refractivity contribution < 1.29 is 14.0 Å². The third-order valence-electron chi connectivity index (χ3n) is 6.20. The molecular weight excluding hydrogens is 376 g/mol. The largest absolute Gasteiger partial charge is 0.414 e. The van der Waals surface area contributed by atoms with Gasteiger partial charge in [0.25, 0.3) is 0 Å². The quantitative estimate of drug-likeness (QED) is 0.166. The maximum atomic E-state index is 12.4. The fourth-order valence-electron chi connectivity index (χ4n) is 3.52. The van der Waals surface area contributed by atoms with Gasteiger partial charge in [-0.1, -0.05) is 57.2 Å². The Morgan fingerprint density at radius 3 is 2.28 bits per heavy atom. The summed E-state index contributed by atoms with van der Waals surface area (Å²) in [4.78, 5) is 12.4. The Morgan fingerprint density at radius 2 is 1.72 bits per heavy atom. The highest BCUT2D eigenvalue weighted by Gasteiger charge is 2.32. The Kier molecular flexibility index (Phi) is 11.7. The Morgan fingerprint density at radius 1 is 1.10 bits per heavy atom. The Bertz CT molecular complexity index is 585. The summed E-state index contributed by atoms with van der Waals surface area (Å²) < 4.78 is 12.7. The molecule has 1 atom stereocenters. The van der Waals surface area contributed by atoms with E-state index < -0.39 is 13.7 Å². The lowest BCUT2D eigenvalue weighted by atomic mass is 9.85. The van der Waals surface area contributed by atoms with Crippen LogP contribution in [0.25, 0.3) is 0 Å². The molecule has 1 rings (SSSR count). The molecule has 0 aliphatic heterocycles. The molecule has 0 bridgehead atoms. The van der Waals surface area contributed by atoms with Crippen molar-refractivity contribution in [3.8, 4) is 0 Å². The van der Waals surface area contributed by atoms with Gasteiger partial charge in [-0.2, -0.15) is 0 Å². The summed E-state index contributed by atoms with van der Waals surface area (Å²) in [5, 5.41) is 0. The highest BCUT2D eigenvalue weighted by atomic mass is 28.4. The van der Waals surface area contributed by atoms with Crippen LogP contribution in [0.5, 0.6) is 0 Å². The number of benzene rings is 1. The fraction of sp³-hybridized carbons (Fsp3) is 0.640. The molecule has 0 saturated heterocycles. The molecule has 0 saturated carbocycles. The van der Waals surface area contributed by atoms with E-state index in [4.69, 9.17) is 9.16 Å². The summed E-state index contributed by atoms with van der Waals surface area (Å²) in [6.45, 7) is 15.8. The van der Waals surface area contributed by atoms with Crippen molar-refractivity contribution in [1.82, 2.24) is 0 Å². The second-order valence-electron chi connectivity index (χ2n) is 8.55. The lowest BCUT2D eigenvalue weighted by Crippen LogP contribution is -2.40. The average Bonchev–Trinajstić information content (AvgIpc) is 2.75. The summed E-state index contributed by atoms with van der Waals surface area (Å²) in [5.41, 5.74) is 0.755. The highest BCUT2D eigenvalue weighted by Crippen LogP contribution is 2.27. The highest BCUT2D eigenvalue weighted by molar-refractivity contribution is 6.73. The van der Waals surface area contributed by atoms with Crippen molar-refractivity contribution >= 4 is 14.1 Å². The molecule has 0 amide bonds. The normalized spacial score (nSPS) is 13.3. The van der Waals surface area contributed by atoms with Crippen LogP contribution in [0.3, 0.4) is 0 Å². The number of Topliss-reactive ketones (excluding diaryl/α,β-unsaturated/α-hetero) is 1. The number of hydrogen-bond acceptors (Lipinski definition) is 3. The molecule has 0 aliphatic rings. The monoisotopic (exact) mass is 418 g/mol. The van der Waals surface area contributed by atoms with Gasteiger partial charge < -0.3 is 9.16 Å². The molecule has 1 aromatic rings. The van der Waals surface area contributed by atoms with Crippen LogP contribution in [-0.2, 0) is 20.6 Å². The summed E-state index contributed by atoms with van der Waals surface area (Å²) >= 11 is 0. The van der Waals surface area contributed by atoms with Crippen LogP contribution in [-0.4, -0.2) is 26.8 Å². The number of ketones is 1. The predicted molar refractivity (Wildman–Crippen MR) is 126 cm³/mol. The first kappa shape index (κ1) is 25.8. The van der Waals surface area contributed by atoms with Gasteiger partial charge in [0, 0.05) is 24.5 Å². The molecule has 0 heterocycles. The average molecular weight is 419 g/mol. The first-order valence-corrected chi connectivity index (χ1v) is 13.8. The summed E-state index contributed by atoms with van der Waals surface area (Å²) in [7, 11) is -1.68. The second kappa shape index (κ2) is 13.1. The second-order valence-corrected chi connectivity index (χ2v) is 13.3. The van der Waals surface area contributed by atoms with Gasteiger partial charge in [-0.25, -0.2) is 0 Å². The molecule has 0 aliphatic carbocycles. The molecule has 0 N–H and O–H groups in total. The maximum Gasteiger partial charge on any atom is 0.192 e. The van der Waals surface area contributed by atoms with Gasteiger partial charge in [-0.05, 0) is 56.8 Å². The van der Waals surface area contributed by atoms with Gasteiger partial charge in [0.1, 0.15) is 5.78 Å². The van der Waals surface area contributed by atoms with E-state index in [0.29, 0.717) is 19.6 Å². The Balaban J connectivity index is 2.60. The van der Waals surface area contributed by atoms with Crippen LogP contribution in [0, 0.1) is 5.41 Å². The van der Waals surface area contributed by atoms with Crippen molar-refractivity contribution in [2.24, 2.45) is 5.41 Å². The van der Waals surface area contributed by atoms with E-state index in [9.17, 15) is 4.79 Å². The number of carbonyl (C=O) groups is 1. The minimum Gasteiger partial charge on any atom is -0.414 e. The Labute approximate surface area is 180 Å². The van der Waals surface area contributed by atoms with Gasteiger partial charge in [0.2, 0.25) is 0 Å². The summed E-state index contributed by atoms with van der Waals surface area (Å²) in [5.74, 6) is 0.261. The van der Waals surface area contributed by atoms with Gasteiger partial charge in [0.15, 0.2) is 8.32 Å². The SMILES string of the molecule is C=CC(C)(C)C(=O)CCC[C@@H](CCOCc1ccccc1)O[Si](CC)(CC)CC. The van der Waals surface area contributed by atoms with Gasteiger partial charge in [0.05, 0.1) is 6.61 Å². The molecule has 4 heteroatoms. The lowest BCUT2D eigenvalue weighted by molar-refractivity contribution is -0.125. The predicted octanol–water partition coefficient (Wildman–Crippen LogP) is 6.94. The lowest BCUT2D eigenvalue weighted by Gasteiger charge is -2.33. The van der Waals surface area contributed by atoms with E-state index >= 15 is 0 Å². The van der Waals surface area contributed by atoms with Crippen LogP contribution in [0.15, 0.2) is 43.0 Å². The summed E-state index contributed by atoms with van der Waals surface area (Å²) in [6, 6.07) is 13.7. The third kappa shape index (κ3) is 8.98. The first-order valence-electron chi connectivity index (χ1n) is 11.3. The van der Waals surface area contributed by atoms with E-state index in [0.717, 1.165) is 37.4 Å². The van der Waals surface area contributed by atoms with Crippen molar-refractivity contribution in [3.05, 3.63) is 48.6 Å². The number of hydrogen-bond donors (Lipinski definition) is 0. The van der Waals surface area contributed by atoms with Crippen molar-refractivity contribution in [3.63, 3.8) is 0 Å². The van der Waals surface area contributed by atoms with Crippen LogP contribution in [0.4, 0.5) is 0 Å². The minimum absolute atomic E-state index is 0.178. The van der Waals surface area contributed by atoms with E-state index in [2.05, 4.69) is 39.5 Å². The number of carbonyl (C=O) groups excluding carboxylic acids is 1. The van der Waals surface area contributed by atoms with Crippen molar-refractivity contribution in [2.75, 3.05) is 6.61 Å². The van der Waals surface area contributed by atoms with Gasteiger partial charge in [-0.3, -0.25) is 4.79 Å². The molecule has 0 radical (unpaired) electrons. The van der Waals surface area contributed by atoms with E-state index in [1.165, 1.54) is 5.56 Å². The molecule has 29 heavy (non-hydrogen) atoms. The van der Waals surface area contributed by atoms with Gasteiger partial charge in [-0.15, -0.1) is 6.58 Å². The van der Waals surface area contributed by atoms with E-state index in [1.807, 2.05) is 32.0 Å². The number of allylic oxidation sites excluding steroid dienone is 1. The molecule has 0 spiro atoms. The standard InChI is InChI=1S/C25H42O3Si/c1-7-25(5,6)24(26)18-14-17-23(28-29(8-2,9-3)10-4)19-20-27-21-22-15-12-11-13-16-22/h7,11-13,15-16,23H,1,8-10,14,17-21H2,2-6H3/t23-/m0/s1. The molecule has 1 aromatic carbocycles. The van der Waals surface area contributed by atoms with Crippen molar-refractivity contribution in [1.29, 1.82) is 0 Å². The molecule has 0 unspecified atom stereocenters. The molecular formula is C25H42O3Si. The zero-order valence-electron chi connectivity index (χ0n) is 19.3. The third-order valence-corrected chi connectivity index (χ3v) is 10.9. The zero-order chi connectivity index (χ0) is 21.8. The number of ether oxygens (including phenoxy) is 1. The van der Waals surface area contributed by atoms with E-state index in [-0.39, 0.29) is 11.9 Å². The molecule has 164 valence electrons.